The van der Waals surface area contributed by atoms with Crippen molar-refractivity contribution in [3.05, 3.63) is 82.8 Å². The Bertz CT molecular complexity index is 1330. The lowest BCUT2D eigenvalue weighted by Gasteiger charge is -2.10. The summed E-state index contributed by atoms with van der Waals surface area (Å²) in [6, 6.07) is 23.0. The van der Waals surface area contributed by atoms with Crippen LogP contribution in [0.1, 0.15) is 5.56 Å². The van der Waals surface area contributed by atoms with Gasteiger partial charge in [-0.2, -0.15) is 5.10 Å². The number of ether oxygens (including phenoxy) is 2. The first kappa shape index (κ1) is 24.5. The fourth-order valence-corrected chi connectivity index (χ4v) is 4.25. The lowest BCUT2D eigenvalue weighted by atomic mass is 10.2. The average molecular weight is 552 g/mol. The Hall–Kier alpha value is -3.63. The summed E-state index contributed by atoms with van der Waals surface area (Å²) in [6.07, 6.45) is 1.52. The standard InChI is InChI=1S/C25H22BrN5O3S/c1-33-21-12-13-22(34-2)18(14-21)15-27-28-23(32)16-35-25-30-29-24(17-6-4-3-5-7-17)31(25)20-10-8-19(26)9-11-20/h3-15H,16H2,1-2H3,(H,28,32)/b27-15+. The number of benzene rings is 3. The van der Waals surface area contributed by atoms with Crippen molar-refractivity contribution in [2.24, 2.45) is 5.10 Å². The Kier molecular flexibility index (Phi) is 8.17. The normalized spacial score (nSPS) is 10.9. The zero-order chi connectivity index (χ0) is 24.6. The van der Waals surface area contributed by atoms with Crippen LogP contribution in [0, 0.1) is 0 Å². The topological polar surface area (TPSA) is 90.6 Å². The Labute approximate surface area is 215 Å². The van der Waals surface area contributed by atoms with E-state index in [1.54, 1.807) is 32.4 Å². The predicted octanol–water partition coefficient (Wildman–Crippen LogP) is 4.96. The fraction of sp³-hybridized carbons (Fsp3) is 0.120. The summed E-state index contributed by atoms with van der Waals surface area (Å²) in [4.78, 5) is 12.5. The Balaban J connectivity index is 1.49. The van der Waals surface area contributed by atoms with E-state index in [1.807, 2.05) is 59.2 Å². The molecule has 4 aromatic rings. The van der Waals surface area contributed by atoms with Crippen molar-refractivity contribution in [1.29, 1.82) is 0 Å². The highest BCUT2D eigenvalue weighted by atomic mass is 79.9. The van der Waals surface area contributed by atoms with Gasteiger partial charge >= 0.3 is 0 Å². The molecule has 1 amide bonds. The molecule has 0 spiro atoms. The van der Waals surface area contributed by atoms with E-state index >= 15 is 0 Å². The first-order valence-corrected chi connectivity index (χ1v) is 12.3. The lowest BCUT2D eigenvalue weighted by molar-refractivity contribution is -0.118. The Morgan fingerprint density at radius 3 is 2.54 bits per heavy atom. The van der Waals surface area contributed by atoms with Crippen molar-refractivity contribution in [2.75, 3.05) is 20.0 Å². The highest BCUT2D eigenvalue weighted by Crippen LogP contribution is 2.28. The van der Waals surface area contributed by atoms with Gasteiger partial charge in [0.15, 0.2) is 11.0 Å². The Morgan fingerprint density at radius 1 is 1.06 bits per heavy atom. The molecule has 3 aromatic carbocycles. The fourth-order valence-electron chi connectivity index (χ4n) is 3.24. The largest absolute Gasteiger partial charge is 0.497 e. The second kappa shape index (κ2) is 11.7. The molecular weight excluding hydrogens is 530 g/mol. The van der Waals surface area contributed by atoms with Gasteiger partial charge in [0, 0.05) is 21.3 Å². The summed E-state index contributed by atoms with van der Waals surface area (Å²) in [7, 11) is 3.15. The van der Waals surface area contributed by atoms with E-state index in [0.717, 1.165) is 15.7 Å². The second-order valence-electron chi connectivity index (χ2n) is 7.17. The molecule has 0 unspecified atom stereocenters. The van der Waals surface area contributed by atoms with Gasteiger partial charge in [-0.1, -0.05) is 58.0 Å². The van der Waals surface area contributed by atoms with Gasteiger partial charge in [-0.15, -0.1) is 10.2 Å². The van der Waals surface area contributed by atoms with Crippen molar-refractivity contribution < 1.29 is 14.3 Å². The van der Waals surface area contributed by atoms with Crippen molar-refractivity contribution >= 4 is 39.8 Å². The molecule has 1 heterocycles. The van der Waals surface area contributed by atoms with Gasteiger partial charge in [0.1, 0.15) is 11.5 Å². The average Bonchev–Trinajstić information content (AvgIpc) is 3.32. The van der Waals surface area contributed by atoms with Crippen LogP contribution in [-0.4, -0.2) is 46.9 Å². The molecular formula is C25H22BrN5O3S. The van der Waals surface area contributed by atoms with Gasteiger partial charge in [-0.25, -0.2) is 5.43 Å². The van der Waals surface area contributed by atoms with Crippen LogP contribution in [0.5, 0.6) is 11.5 Å². The van der Waals surface area contributed by atoms with Gasteiger partial charge in [0.25, 0.3) is 5.91 Å². The van der Waals surface area contributed by atoms with Crippen LogP contribution < -0.4 is 14.9 Å². The predicted molar refractivity (Wildman–Crippen MR) is 141 cm³/mol. The molecule has 0 saturated carbocycles. The van der Waals surface area contributed by atoms with Gasteiger partial charge in [0.2, 0.25) is 0 Å². The zero-order valence-electron chi connectivity index (χ0n) is 19.0. The molecule has 0 aliphatic heterocycles. The SMILES string of the molecule is COc1ccc(OC)c(/C=N/NC(=O)CSc2nnc(-c3ccccc3)n2-c2ccc(Br)cc2)c1. The number of halogens is 1. The van der Waals surface area contributed by atoms with E-state index in [9.17, 15) is 4.79 Å². The number of carbonyl (C=O) groups excluding carboxylic acids is 1. The van der Waals surface area contributed by atoms with E-state index in [1.165, 1.54) is 18.0 Å². The first-order valence-electron chi connectivity index (χ1n) is 10.5. The van der Waals surface area contributed by atoms with E-state index in [0.29, 0.717) is 28.0 Å². The molecule has 10 heteroatoms. The number of hydrogen-bond donors (Lipinski definition) is 1. The van der Waals surface area contributed by atoms with Crippen LogP contribution in [0.15, 0.2) is 87.5 Å². The molecule has 0 radical (unpaired) electrons. The van der Waals surface area contributed by atoms with Gasteiger partial charge in [0.05, 0.1) is 26.2 Å². The third kappa shape index (κ3) is 6.09. The van der Waals surface area contributed by atoms with Crippen LogP contribution in [0.25, 0.3) is 17.1 Å². The van der Waals surface area contributed by atoms with Crippen LogP contribution >= 0.6 is 27.7 Å². The van der Waals surface area contributed by atoms with E-state index in [4.69, 9.17) is 9.47 Å². The number of thioether (sulfide) groups is 1. The highest BCUT2D eigenvalue weighted by molar-refractivity contribution is 9.10. The van der Waals surface area contributed by atoms with Gasteiger partial charge < -0.3 is 9.47 Å². The number of carbonyl (C=O) groups is 1. The number of amides is 1. The summed E-state index contributed by atoms with van der Waals surface area (Å²) in [5, 5.41) is 13.4. The molecule has 0 fully saturated rings. The lowest BCUT2D eigenvalue weighted by Crippen LogP contribution is -2.20. The minimum Gasteiger partial charge on any atom is -0.497 e. The Morgan fingerprint density at radius 2 is 1.83 bits per heavy atom. The number of nitrogens with one attached hydrogen (secondary N) is 1. The monoisotopic (exact) mass is 551 g/mol. The molecule has 0 atom stereocenters. The van der Waals surface area contributed by atoms with Crippen molar-refractivity contribution in [1.82, 2.24) is 20.2 Å². The van der Waals surface area contributed by atoms with Crippen molar-refractivity contribution in [3.8, 4) is 28.6 Å². The summed E-state index contributed by atoms with van der Waals surface area (Å²) < 4.78 is 13.5. The van der Waals surface area contributed by atoms with E-state index in [2.05, 4.69) is 36.7 Å². The number of nitrogens with zero attached hydrogens (tertiary/aromatic N) is 4. The van der Waals surface area contributed by atoms with Crippen LogP contribution in [0.2, 0.25) is 0 Å². The highest BCUT2D eigenvalue weighted by Gasteiger charge is 2.17. The van der Waals surface area contributed by atoms with Gasteiger partial charge in [-0.05, 0) is 42.5 Å². The molecule has 0 bridgehead atoms. The number of hydrazone groups is 1. The molecule has 8 nitrogen and oxygen atoms in total. The van der Waals surface area contributed by atoms with Crippen LogP contribution in [0.3, 0.4) is 0 Å². The van der Waals surface area contributed by atoms with Crippen molar-refractivity contribution in [3.63, 3.8) is 0 Å². The van der Waals surface area contributed by atoms with Crippen LogP contribution in [0.4, 0.5) is 0 Å². The third-order valence-corrected chi connectivity index (χ3v) is 6.37. The molecule has 4 rings (SSSR count). The molecule has 0 aliphatic rings. The summed E-state index contributed by atoms with van der Waals surface area (Å²) >= 11 is 4.75. The van der Waals surface area contributed by atoms with Crippen molar-refractivity contribution in [2.45, 2.75) is 5.16 Å². The summed E-state index contributed by atoms with van der Waals surface area (Å²) in [6.45, 7) is 0. The second-order valence-corrected chi connectivity index (χ2v) is 9.03. The summed E-state index contributed by atoms with van der Waals surface area (Å²) in [5.74, 6) is 1.80. The third-order valence-electron chi connectivity index (χ3n) is 4.91. The van der Waals surface area contributed by atoms with E-state index in [-0.39, 0.29) is 11.7 Å². The number of methoxy groups -OCH3 is 2. The quantitative estimate of drug-likeness (QED) is 0.180. The number of rotatable bonds is 9. The zero-order valence-corrected chi connectivity index (χ0v) is 21.4. The minimum atomic E-state index is -0.278. The maximum absolute atomic E-state index is 12.5. The summed E-state index contributed by atoms with van der Waals surface area (Å²) in [5.41, 5.74) is 5.05. The first-order chi connectivity index (χ1) is 17.1. The molecule has 178 valence electrons. The molecule has 0 saturated heterocycles. The molecule has 1 aromatic heterocycles. The number of aromatic nitrogens is 3. The van der Waals surface area contributed by atoms with E-state index < -0.39 is 0 Å². The molecule has 35 heavy (non-hydrogen) atoms. The maximum atomic E-state index is 12.5. The smallest absolute Gasteiger partial charge is 0.250 e. The molecule has 1 N–H and O–H groups in total. The maximum Gasteiger partial charge on any atom is 0.250 e. The minimum absolute atomic E-state index is 0.107. The van der Waals surface area contributed by atoms with Gasteiger partial charge in [-0.3, -0.25) is 9.36 Å². The molecule has 0 aliphatic carbocycles. The van der Waals surface area contributed by atoms with Crippen LogP contribution in [-0.2, 0) is 4.79 Å². The number of hydrogen-bond acceptors (Lipinski definition) is 7.